The van der Waals surface area contributed by atoms with Gasteiger partial charge in [-0.05, 0) is 43.3 Å². The summed E-state index contributed by atoms with van der Waals surface area (Å²) in [6, 6.07) is 15.6. The highest BCUT2D eigenvalue weighted by Gasteiger charge is 2.17. The van der Waals surface area contributed by atoms with Crippen LogP contribution in [0.1, 0.15) is 6.42 Å². The summed E-state index contributed by atoms with van der Waals surface area (Å²) in [4.78, 5) is 21.8. The molecule has 1 saturated heterocycles. The van der Waals surface area contributed by atoms with E-state index in [1.165, 1.54) is 5.69 Å². The molecule has 0 atom stereocenters. The summed E-state index contributed by atoms with van der Waals surface area (Å²) in [6.45, 7) is 5.73. The summed E-state index contributed by atoms with van der Waals surface area (Å²) in [5, 5.41) is 1.47. The zero-order chi connectivity index (χ0) is 18.6. The van der Waals surface area contributed by atoms with Crippen molar-refractivity contribution >= 4 is 28.2 Å². The minimum atomic E-state index is 0.0476. The Morgan fingerprint density at radius 1 is 0.963 bits per heavy atom. The number of benzene rings is 2. The van der Waals surface area contributed by atoms with E-state index >= 15 is 0 Å². The lowest BCUT2D eigenvalue weighted by atomic mass is 10.2. The predicted molar refractivity (Wildman–Crippen MR) is 111 cm³/mol. The Hall–Kier alpha value is -2.37. The van der Waals surface area contributed by atoms with Crippen LogP contribution in [0.4, 0.5) is 5.69 Å². The summed E-state index contributed by atoms with van der Waals surface area (Å²) in [5.74, 6) is 0. The molecule has 0 saturated carbocycles. The van der Waals surface area contributed by atoms with Crippen LogP contribution >= 0.6 is 11.6 Å². The topological polar surface area (TPSA) is 41.4 Å². The van der Waals surface area contributed by atoms with Crippen LogP contribution in [-0.2, 0) is 6.54 Å². The highest BCUT2D eigenvalue weighted by Crippen LogP contribution is 2.20. The van der Waals surface area contributed by atoms with Gasteiger partial charge in [0.2, 0.25) is 0 Å². The average Bonchev–Trinajstić information content (AvgIpc) is 2.70. The molecule has 0 N–H and O–H groups in total. The lowest BCUT2D eigenvalue weighted by Gasteiger charge is -2.36. The van der Waals surface area contributed by atoms with Gasteiger partial charge in [0, 0.05) is 43.4 Å². The lowest BCUT2D eigenvalue weighted by Crippen LogP contribution is -2.46. The van der Waals surface area contributed by atoms with Crippen LogP contribution in [0.25, 0.3) is 10.9 Å². The molecule has 1 aromatic heterocycles. The second-order valence-electron chi connectivity index (χ2n) is 6.92. The summed E-state index contributed by atoms with van der Waals surface area (Å²) < 4.78 is 1.73. The standard InChI is InChI=1S/C21H23ClN4O/c22-17-5-3-6-18(15-17)25-13-11-24(12-14-25)9-4-10-26-16-23-20-8-2-1-7-19(20)21(26)27/h1-3,5-8,15-16H,4,9-14H2. The zero-order valence-electron chi connectivity index (χ0n) is 15.2. The third-order valence-corrected chi connectivity index (χ3v) is 5.39. The van der Waals surface area contributed by atoms with Gasteiger partial charge in [0.05, 0.1) is 17.2 Å². The Kier molecular flexibility index (Phi) is 5.41. The Balaban J connectivity index is 1.29. The third kappa shape index (κ3) is 4.15. The number of piperazine rings is 1. The van der Waals surface area contributed by atoms with Crippen LogP contribution < -0.4 is 10.5 Å². The number of halogens is 1. The van der Waals surface area contributed by atoms with Crippen LogP contribution in [0.2, 0.25) is 5.02 Å². The first kappa shape index (κ1) is 18.0. The molecule has 0 aliphatic carbocycles. The van der Waals surface area contributed by atoms with Gasteiger partial charge in [-0.15, -0.1) is 0 Å². The average molecular weight is 383 g/mol. The van der Waals surface area contributed by atoms with Gasteiger partial charge in [0.25, 0.3) is 5.56 Å². The van der Waals surface area contributed by atoms with Crippen LogP contribution in [-0.4, -0.2) is 47.2 Å². The summed E-state index contributed by atoms with van der Waals surface area (Å²) >= 11 is 6.10. The number of aryl methyl sites for hydroxylation is 1. The van der Waals surface area contributed by atoms with E-state index in [-0.39, 0.29) is 5.56 Å². The fourth-order valence-electron chi connectivity index (χ4n) is 3.63. The van der Waals surface area contributed by atoms with Crippen molar-refractivity contribution in [3.05, 3.63) is 70.2 Å². The molecule has 0 amide bonds. The maximum atomic E-state index is 12.5. The van der Waals surface area contributed by atoms with E-state index in [0.717, 1.165) is 49.7 Å². The van der Waals surface area contributed by atoms with Gasteiger partial charge in [-0.2, -0.15) is 0 Å². The van der Waals surface area contributed by atoms with Crippen molar-refractivity contribution in [1.82, 2.24) is 14.5 Å². The molecule has 140 valence electrons. The Bertz CT molecular complexity index is 979. The quantitative estimate of drug-likeness (QED) is 0.679. The molecular formula is C21H23ClN4O. The van der Waals surface area contributed by atoms with E-state index in [4.69, 9.17) is 11.6 Å². The fourth-order valence-corrected chi connectivity index (χ4v) is 3.82. The van der Waals surface area contributed by atoms with Crippen molar-refractivity contribution < 1.29 is 0 Å². The smallest absolute Gasteiger partial charge is 0.261 e. The minimum absolute atomic E-state index is 0.0476. The van der Waals surface area contributed by atoms with Gasteiger partial charge in [0.15, 0.2) is 0 Å². The number of para-hydroxylation sites is 1. The molecule has 3 aromatic rings. The molecule has 1 aliphatic rings. The molecule has 0 bridgehead atoms. The first-order valence-electron chi connectivity index (χ1n) is 9.38. The van der Waals surface area contributed by atoms with E-state index in [0.29, 0.717) is 11.9 Å². The van der Waals surface area contributed by atoms with Gasteiger partial charge >= 0.3 is 0 Å². The monoisotopic (exact) mass is 382 g/mol. The van der Waals surface area contributed by atoms with Gasteiger partial charge in [-0.1, -0.05) is 29.8 Å². The van der Waals surface area contributed by atoms with Gasteiger partial charge in [-0.3, -0.25) is 14.3 Å². The SMILES string of the molecule is O=c1c2ccccc2ncn1CCCN1CCN(c2cccc(Cl)c2)CC1. The highest BCUT2D eigenvalue weighted by atomic mass is 35.5. The van der Waals surface area contributed by atoms with E-state index in [1.807, 2.05) is 42.5 Å². The van der Waals surface area contributed by atoms with Crippen molar-refractivity contribution in [2.75, 3.05) is 37.6 Å². The lowest BCUT2D eigenvalue weighted by molar-refractivity contribution is 0.250. The van der Waals surface area contributed by atoms with Crippen molar-refractivity contribution in [2.45, 2.75) is 13.0 Å². The van der Waals surface area contributed by atoms with E-state index in [9.17, 15) is 4.79 Å². The Morgan fingerprint density at radius 3 is 2.59 bits per heavy atom. The highest BCUT2D eigenvalue weighted by molar-refractivity contribution is 6.30. The maximum absolute atomic E-state index is 12.5. The normalized spacial score (nSPS) is 15.4. The second kappa shape index (κ2) is 8.11. The Labute approximate surface area is 163 Å². The summed E-state index contributed by atoms with van der Waals surface area (Å²) in [5.41, 5.74) is 2.00. The summed E-state index contributed by atoms with van der Waals surface area (Å²) in [6.07, 6.45) is 2.61. The number of fused-ring (bicyclic) bond motifs is 1. The second-order valence-corrected chi connectivity index (χ2v) is 7.36. The predicted octanol–water partition coefficient (Wildman–Crippen LogP) is 3.26. The number of rotatable bonds is 5. The van der Waals surface area contributed by atoms with Gasteiger partial charge < -0.3 is 4.90 Å². The van der Waals surface area contributed by atoms with E-state index in [1.54, 1.807) is 10.9 Å². The zero-order valence-corrected chi connectivity index (χ0v) is 16.0. The van der Waals surface area contributed by atoms with Crippen LogP contribution in [0.15, 0.2) is 59.7 Å². The van der Waals surface area contributed by atoms with Gasteiger partial charge in [0.1, 0.15) is 0 Å². The van der Waals surface area contributed by atoms with Crippen LogP contribution in [0.3, 0.4) is 0 Å². The number of hydrogen-bond donors (Lipinski definition) is 0. The number of nitrogens with zero attached hydrogens (tertiary/aromatic N) is 4. The molecule has 0 spiro atoms. The first-order valence-corrected chi connectivity index (χ1v) is 9.75. The number of aromatic nitrogens is 2. The number of hydrogen-bond acceptors (Lipinski definition) is 4. The maximum Gasteiger partial charge on any atom is 0.261 e. The molecule has 0 radical (unpaired) electrons. The molecule has 6 heteroatoms. The van der Waals surface area contributed by atoms with Crippen LogP contribution in [0, 0.1) is 0 Å². The molecule has 0 unspecified atom stereocenters. The van der Waals surface area contributed by atoms with Crippen molar-refractivity contribution in [2.24, 2.45) is 0 Å². The van der Waals surface area contributed by atoms with Crippen LogP contribution in [0.5, 0.6) is 0 Å². The molecule has 4 rings (SSSR count). The third-order valence-electron chi connectivity index (χ3n) is 5.15. The first-order chi connectivity index (χ1) is 13.2. The molecule has 1 fully saturated rings. The molecule has 5 nitrogen and oxygen atoms in total. The molecule has 2 aromatic carbocycles. The molecule has 1 aliphatic heterocycles. The van der Waals surface area contributed by atoms with Crippen molar-refractivity contribution in [1.29, 1.82) is 0 Å². The largest absolute Gasteiger partial charge is 0.369 e. The molecular weight excluding hydrogens is 360 g/mol. The van der Waals surface area contributed by atoms with Crippen molar-refractivity contribution in [3.8, 4) is 0 Å². The summed E-state index contributed by atoms with van der Waals surface area (Å²) in [7, 11) is 0. The molecule has 27 heavy (non-hydrogen) atoms. The Morgan fingerprint density at radius 2 is 1.78 bits per heavy atom. The van der Waals surface area contributed by atoms with E-state index in [2.05, 4.69) is 20.9 Å². The fraction of sp³-hybridized carbons (Fsp3) is 0.333. The minimum Gasteiger partial charge on any atom is -0.369 e. The van der Waals surface area contributed by atoms with E-state index < -0.39 is 0 Å². The molecule has 2 heterocycles. The van der Waals surface area contributed by atoms with Gasteiger partial charge in [-0.25, -0.2) is 4.98 Å². The number of anilines is 1. The van der Waals surface area contributed by atoms with Crippen molar-refractivity contribution in [3.63, 3.8) is 0 Å².